The highest BCUT2D eigenvalue weighted by atomic mass is 15.0. The Morgan fingerprint density at radius 2 is 1.68 bits per heavy atom. The molecule has 108 valence electrons. The van der Waals surface area contributed by atoms with Crippen LogP contribution in [0.15, 0.2) is 18.3 Å². The van der Waals surface area contributed by atoms with Gasteiger partial charge in [-0.25, -0.2) is 4.98 Å². The zero-order valence-corrected chi connectivity index (χ0v) is 12.5. The lowest BCUT2D eigenvalue weighted by molar-refractivity contribution is 0.581. The van der Waals surface area contributed by atoms with Gasteiger partial charge in [0.2, 0.25) is 0 Å². The Hall–Kier alpha value is -1.25. The van der Waals surface area contributed by atoms with Crippen molar-refractivity contribution in [1.82, 2.24) is 4.98 Å². The highest BCUT2D eigenvalue weighted by Crippen LogP contribution is 2.12. The molecule has 1 heterocycles. The molecule has 0 radical (unpaired) electrons. The van der Waals surface area contributed by atoms with Crippen LogP contribution in [0.2, 0.25) is 0 Å². The molecule has 0 fully saturated rings. The monoisotopic (exact) mass is 263 g/mol. The molecular formula is C16H29N3. The average molecular weight is 263 g/mol. The van der Waals surface area contributed by atoms with E-state index in [0.29, 0.717) is 0 Å². The first-order valence-corrected chi connectivity index (χ1v) is 7.74. The summed E-state index contributed by atoms with van der Waals surface area (Å²) < 4.78 is 0. The number of hydrogen-bond acceptors (Lipinski definition) is 3. The quantitative estimate of drug-likeness (QED) is 0.569. The molecule has 1 aromatic rings. The third-order valence-electron chi connectivity index (χ3n) is 3.38. The lowest BCUT2D eigenvalue weighted by Gasteiger charge is -2.07. The Bertz CT molecular complexity index is 326. The fraction of sp³-hybridized carbons (Fsp3) is 0.688. The summed E-state index contributed by atoms with van der Waals surface area (Å²) in [7, 11) is 1.89. The van der Waals surface area contributed by atoms with E-state index < -0.39 is 0 Å². The number of aromatic nitrogens is 1. The number of pyridine rings is 1. The van der Waals surface area contributed by atoms with E-state index in [2.05, 4.69) is 22.5 Å². The van der Waals surface area contributed by atoms with Gasteiger partial charge in [-0.15, -0.1) is 0 Å². The van der Waals surface area contributed by atoms with Crippen molar-refractivity contribution >= 4 is 11.5 Å². The van der Waals surface area contributed by atoms with Crippen molar-refractivity contribution in [3.63, 3.8) is 0 Å². The number of nitrogens with zero attached hydrogens (tertiary/aromatic N) is 1. The van der Waals surface area contributed by atoms with Gasteiger partial charge < -0.3 is 10.6 Å². The van der Waals surface area contributed by atoms with Crippen molar-refractivity contribution in [2.24, 2.45) is 0 Å². The minimum absolute atomic E-state index is 0.918. The lowest BCUT2D eigenvalue weighted by Crippen LogP contribution is -2.02. The number of nitrogens with one attached hydrogen (secondary N) is 2. The summed E-state index contributed by atoms with van der Waals surface area (Å²) in [5, 5.41) is 6.50. The average Bonchev–Trinajstić information content (AvgIpc) is 2.46. The molecule has 0 amide bonds. The van der Waals surface area contributed by atoms with Gasteiger partial charge in [0.05, 0.1) is 0 Å². The molecular weight excluding hydrogens is 234 g/mol. The number of unbranched alkanes of at least 4 members (excludes halogenated alkanes) is 7. The molecule has 2 N–H and O–H groups in total. The van der Waals surface area contributed by atoms with Crippen LogP contribution in [0.3, 0.4) is 0 Å². The van der Waals surface area contributed by atoms with Crippen molar-refractivity contribution in [2.45, 2.75) is 58.3 Å². The Kier molecular flexibility index (Phi) is 8.86. The minimum atomic E-state index is 0.918. The first-order valence-electron chi connectivity index (χ1n) is 7.74. The van der Waals surface area contributed by atoms with Crippen LogP contribution in [-0.2, 0) is 0 Å². The Morgan fingerprint density at radius 1 is 1.00 bits per heavy atom. The molecule has 0 aliphatic carbocycles. The van der Waals surface area contributed by atoms with Crippen LogP contribution >= 0.6 is 0 Å². The molecule has 0 bridgehead atoms. The third-order valence-corrected chi connectivity index (χ3v) is 3.38. The number of hydrogen-bond donors (Lipinski definition) is 2. The van der Waals surface area contributed by atoms with E-state index in [9.17, 15) is 0 Å². The molecule has 0 saturated heterocycles. The molecule has 0 aliphatic rings. The molecule has 3 nitrogen and oxygen atoms in total. The second-order valence-corrected chi connectivity index (χ2v) is 5.08. The van der Waals surface area contributed by atoms with Gasteiger partial charge in [-0.3, -0.25) is 0 Å². The molecule has 0 spiro atoms. The van der Waals surface area contributed by atoms with E-state index in [1.807, 2.05) is 25.4 Å². The molecule has 0 aromatic carbocycles. The normalized spacial score (nSPS) is 10.4. The molecule has 0 unspecified atom stereocenters. The van der Waals surface area contributed by atoms with Crippen molar-refractivity contribution < 1.29 is 0 Å². The Morgan fingerprint density at radius 3 is 2.37 bits per heavy atom. The van der Waals surface area contributed by atoms with Gasteiger partial charge in [0, 0.05) is 31.5 Å². The minimum Gasteiger partial charge on any atom is -0.385 e. The molecule has 1 rings (SSSR count). The third kappa shape index (κ3) is 7.70. The predicted molar refractivity (Wildman–Crippen MR) is 84.9 cm³/mol. The first kappa shape index (κ1) is 15.8. The maximum Gasteiger partial charge on any atom is 0.127 e. The molecule has 1 aromatic heterocycles. The predicted octanol–water partition coefficient (Wildman–Crippen LogP) is 4.68. The molecule has 0 aliphatic heterocycles. The van der Waals surface area contributed by atoms with Crippen molar-refractivity contribution in [3.05, 3.63) is 18.3 Å². The van der Waals surface area contributed by atoms with Crippen LogP contribution in [-0.4, -0.2) is 18.6 Å². The SMILES string of the molecule is CCCCCCCCCCNc1ccnc(NC)c1. The van der Waals surface area contributed by atoms with Crippen molar-refractivity contribution in [2.75, 3.05) is 24.2 Å². The molecule has 0 atom stereocenters. The number of rotatable bonds is 11. The van der Waals surface area contributed by atoms with Gasteiger partial charge in [0.25, 0.3) is 0 Å². The van der Waals surface area contributed by atoms with Crippen LogP contribution in [0.5, 0.6) is 0 Å². The summed E-state index contributed by atoms with van der Waals surface area (Å²) in [5.41, 5.74) is 1.15. The summed E-state index contributed by atoms with van der Waals surface area (Å²) >= 11 is 0. The van der Waals surface area contributed by atoms with E-state index in [0.717, 1.165) is 18.1 Å². The van der Waals surface area contributed by atoms with Gasteiger partial charge in [-0.1, -0.05) is 51.9 Å². The van der Waals surface area contributed by atoms with Gasteiger partial charge in [-0.05, 0) is 12.5 Å². The summed E-state index contributed by atoms with van der Waals surface area (Å²) in [6, 6.07) is 4.07. The summed E-state index contributed by atoms with van der Waals surface area (Å²) in [6.07, 6.45) is 12.8. The van der Waals surface area contributed by atoms with Crippen molar-refractivity contribution in [3.8, 4) is 0 Å². The molecule has 0 saturated carbocycles. The van der Waals surface area contributed by atoms with Crippen LogP contribution in [0.4, 0.5) is 11.5 Å². The van der Waals surface area contributed by atoms with Gasteiger partial charge >= 0.3 is 0 Å². The summed E-state index contributed by atoms with van der Waals surface area (Å²) in [6.45, 7) is 3.33. The number of anilines is 2. The van der Waals surface area contributed by atoms with Crippen LogP contribution in [0, 0.1) is 0 Å². The summed E-state index contributed by atoms with van der Waals surface area (Å²) in [5.74, 6) is 0.918. The van der Waals surface area contributed by atoms with Crippen molar-refractivity contribution in [1.29, 1.82) is 0 Å². The first-order chi connectivity index (χ1) is 9.36. The fourth-order valence-electron chi connectivity index (χ4n) is 2.17. The fourth-order valence-corrected chi connectivity index (χ4v) is 2.17. The van der Waals surface area contributed by atoms with Crippen LogP contribution in [0.1, 0.15) is 58.3 Å². The van der Waals surface area contributed by atoms with Crippen LogP contribution < -0.4 is 10.6 Å². The largest absolute Gasteiger partial charge is 0.385 e. The second-order valence-electron chi connectivity index (χ2n) is 5.08. The highest BCUT2D eigenvalue weighted by molar-refractivity contribution is 5.51. The summed E-state index contributed by atoms with van der Waals surface area (Å²) in [4.78, 5) is 4.20. The smallest absolute Gasteiger partial charge is 0.127 e. The van der Waals surface area contributed by atoms with E-state index in [1.54, 1.807) is 0 Å². The van der Waals surface area contributed by atoms with E-state index in [1.165, 1.54) is 51.4 Å². The lowest BCUT2D eigenvalue weighted by atomic mass is 10.1. The standard InChI is InChI=1S/C16H29N3/c1-3-4-5-6-7-8-9-10-12-18-15-11-13-19-16(14-15)17-2/h11,13-14H,3-10,12H2,1-2H3,(H2,17,18,19). The van der Waals surface area contributed by atoms with E-state index in [4.69, 9.17) is 0 Å². The van der Waals surface area contributed by atoms with Crippen LogP contribution in [0.25, 0.3) is 0 Å². The van der Waals surface area contributed by atoms with E-state index in [-0.39, 0.29) is 0 Å². The Labute approximate surface area is 118 Å². The van der Waals surface area contributed by atoms with Gasteiger partial charge in [0.1, 0.15) is 5.82 Å². The molecule has 19 heavy (non-hydrogen) atoms. The Balaban J connectivity index is 1.98. The van der Waals surface area contributed by atoms with Gasteiger partial charge in [-0.2, -0.15) is 0 Å². The maximum atomic E-state index is 4.20. The van der Waals surface area contributed by atoms with E-state index >= 15 is 0 Å². The molecule has 3 heteroatoms. The second kappa shape index (κ2) is 10.7. The zero-order valence-electron chi connectivity index (χ0n) is 12.5. The highest BCUT2D eigenvalue weighted by Gasteiger charge is 1.95. The maximum absolute atomic E-state index is 4.20. The zero-order chi connectivity index (χ0) is 13.8. The van der Waals surface area contributed by atoms with Gasteiger partial charge in [0.15, 0.2) is 0 Å². The topological polar surface area (TPSA) is 37.0 Å².